The summed E-state index contributed by atoms with van der Waals surface area (Å²) in [5.74, 6) is -0.0869. The lowest BCUT2D eigenvalue weighted by Crippen LogP contribution is -2.18. The van der Waals surface area contributed by atoms with Gasteiger partial charge in [-0.15, -0.1) is 0 Å². The Kier molecular flexibility index (Phi) is 11.6. The number of rotatable bonds is 8. The molecule has 0 rings (SSSR count). The minimum absolute atomic E-state index is 0.0869. The van der Waals surface area contributed by atoms with Gasteiger partial charge in [0.1, 0.15) is 29.6 Å². The molecule has 0 aliphatic carbocycles. The highest BCUT2D eigenvalue weighted by Crippen LogP contribution is 1.98. The van der Waals surface area contributed by atoms with Gasteiger partial charge in [0, 0.05) is 6.61 Å². The third-order valence-electron chi connectivity index (χ3n) is 1.35. The van der Waals surface area contributed by atoms with Gasteiger partial charge < -0.3 is 7.80 Å². The first-order valence-corrected chi connectivity index (χ1v) is 5.98. The molecule has 0 saturated heterocycles. The molecule has 0 radical (unpaired) electrons. The molecule has 13 heavy (non-hydrogen) atoms. The first-order valence-electron chi connectivity index (χ1n) is 4.02. The highest BCUT2D eigenvalue weighted by atomic mass is 127. The van der Waals surface area contributed by atoms with Crippen LogP contribution >= 0.6 is 45.9 Å². The molecule has 0 fully saturated rings. The maximum atomic E-state index is 10.7. The normalized spacial score (nSPS) is 10.0. The molecular formula is C7H13I2NO3. The van der Waals surface area contributed by atoms with Gasteiger partial charge in [-0.2, -0.15) is 0 Å². The van der Waals surface area contributed by atoms with Gasteiger partial charge in [0.25, 0.3) is 5.91 Å². The minimum atomic E-state index is -0.0869. The van der Waals surface area contributed by atoms with E-state index in [4.69, 9.17) is 7.80 Å². The molecule has 1 N–H and O–H groups in total. The molecule has 0 aliphatic rings. The zero-order valence-electron chi connectivity index (χ0n) is 7.22. The Morgan fingerprint density at radius 3 is 2.54 bits per heavy atom. The van der Waals surface area contributed by atoms with Gasteiger partial charge in [0.2, 0.25) is 0 Å². The summed E-state index contributed by atoms with van der Waals surface area (Å²) in [6.07, 6.45) is 3.11. The second-order valence-corrected chi connectivity index (χ2v) is 3.61. The average Bonchev–Trinajstić information content (AvgIpc) is 2.16. The first kappa shape index (κ1) is 13.8. The van der Waals surface area contributed by atoms with Crippen LogP contribution in [0.1, 0.15) is 19.3 Å². The van der Waals surface area contributed by atoms with E-state index < -0.39 is 0 Å². The lowest BCUT2D eigenvalue weighted by molar-refractivity contribution is -0.123. The number of hydrogen-bond donors (Lipinski definition) is 1. The van der Waals surface area contributed by atoms with Gasteiger partial charge in [-0.05, 0) is 19.3 Å². The zero-order chi connectivity index (χ0) is 9.94. The van der Waals surface area contributed by atoms with Crippen LogP contribution in [0.2, 0.25) is 0 Å². The molecule has 0 aromatic carbocycles. The summed E-state index contributed by atoms with van der Waals surface area (Å²) in [6.45, 7) is 1.59. The number of hydrogen-bond acceptors (Lipinski definition) is 3. The Balaban J connectivity index is 2.95. The van der Waals surface area contributed by atoms with Crippen LogP contribution in [0.4, 0.5) is 0 Å². The summed E-state index contributed by atoms with van der Waals surface area (Å²) in [7, 11) is 0. The van der Waals surface area contributed by atoms with E-state index in [2.05, 4.69) is 3.53 Å². The van der Waals surface area contributed by atoms with Gasteiger partial charge in [0.15, 0.2) is 0 Å². The Morgan fingerprint density at radius 2 is 1.92 bits per heavy atom. The third kappa shape index (κ3) is 10.8. The van der Waals surface area contributed by atoms with Crippen molar-refractivity contribution < 1.29 is 12.6 Å². The summed E-state index contributed by atoms with van der Waals surface area (Å²) >= 11 is 3.68. The molecule has 0 spiro atoms. The van der Waals surface area contributed by atoms with E-state index in [9.17, 15) is 4.79 Å². The third-order valence-corrected chi connectivity index (χ3v) is 2.39. The Hall–Kier alpha value is 0.850. The van der Waals surface area contributed by atoms with Crippen molar-refractivity contribution in [3.8, 4) is 0 Å². The van der Waals surface area contributed by atoms with Crippen molar-refractivity contribution in [3.05, 3.63) is 0 Å². The summed E-state index contributed by atoms with van der Waals surface area (Å²) < 4.78 is 12.4. The van der Waals surface area contributed by atoms with E-state index in [0.29, 0.717) is 6.61 Å². The number of nitrogens with one attached hydrogen (secondary N) is 1. The molecule has 0 bridgehead atoms. The largest absolute Gasteiger partial charge is 0.372 e. The van der Waals surface area contributed by atoms with Crippen LogP contribution in [0.25, 0.3) is 0 Å². The molecule has 0 saturated carbocycles. The van der Waals surface area contributed by atoms with Gasteiger partial charge in [0.05, 0.1) is 29.5 Å². The van der Waals surface area contributed by atoms with Gasteiger partial charge in [-0.3, -0.25) is 8.32 Å². The van der Waals surface area contributed by atoms with Crippen LogP contribution in [-0.2, 0) is 12.6 Å². The topological polar surface area (TPSA) is 47.6 Å². The fourth-order valence-corrected chi connectivity index (χ4v) is 1.20. The Labute approximate surface area is 106 Å². The summed E-state index contributed by atoms with van der Waals surface area (Å²) in [5.41, 5.74) is 0. The van der Waals surface area contributed by atoms with Crippen LogP contribution in [-0.4, -0.2) is 25.7 Å². The lowest BCUT2D eigenvalue weighted by Gasteiger charge is -2.01. The average molecular weight is 413 g/mol. The van der Waals surface area contributed by atoms with Crippen molar-refractivity contribution in [2.75, 3.05) is 19.8 Å². The summed E-state index contributed by atoms with van der Waals surface area (Å²) in [6, 6.07) is 0. The number of unbranched alkanes of at least 4 members (excludes halogenated alkanes) is 2. The van der Waals surface area contributed by atoms with E-state index in [0.717, 1.165) is 25.9 Å². The number of carbonyl (C=O) groups is 1. The highest BCUT2D eigenvalue weighted by molar-refractivity contribution is 14.1. The summed E-state index contributed by atoms with van der Waals surface area (Å²) in [5, 5.41) is 0. The highest BCUT2D eigenvalue weighted by Gasteiger charge is 1.97. The molecule has 0 heterocycles. The predicted molar refractivity (Wildman–Crippen MR) is 66.8 cm³/mol. The SMILES string of the molecule is O=C(COCCCCCOI)NI. The number of amides is 1. The Bertz CT molecular complexity index is 135. The van der Waals surface area contributed by atoms with Gasteiger partial charge in [-0.1, -0.05) is 0 Å². The second-order valence-electron chi connectivity index (χ2n) is 2.44. The van der Waals surface area contributed by atoms with Crippen LogP contribution in [0.5, 0.6) is 0 Å². The molecule has 0 aliphatic heterocycles. The van der Waals surface area contributed by atoms with Crippen molar-refractivity contribution in [1.29, 1.82) is 0 Å². The minimum Gasteiger partial charge on any atom is -0.372 e. The molecule has 0 aromatic rings. The lowest BCUT2D eigenvalue weighted by atomic mass is 10.2. The van der Waals surface area contributed by atoms with Crippen molar-refractivity contribution in [2.45, 2.75) is 19.3 Å². The van der Waals surface area contributed by atoms with Crippen molar-refractivity contribution in [1.82, 2.24) is 3.53 Å². The summed E-state index contributed by atoms with van der Waals surface area (Å²) in [4.78, 5) is 10.7. The van der Waals surface area contributed by atoms with Crippen molar-refractivity contribution in [2.24, 2.45) is 0 Å². The zero-order valence-corrected chi connectivity index (χ0v) is 11.5. The van der Waals surface area contributed by atoms with E-state index >= 15 is 0 Å². The van der Waals surface area contributed by atoms with E-state index in [-0.39, 0.29) is 12.5 Å². The van der Waals surface area contributed by atoms with E-state index in [1.807, 2.05) is 23.0 Å². The first-order chi connectivity index (χ1) is 6.31. The van der Waals surface area contributed by atoms with Crippen molar-refractivity contribution in [3.63, 3.8) is 0 Å². The molecule has 0 atom stereocenters. The van der Waals surface area contributed by atoms with Crippen LogP contribution in [0, 0.1) is 0 Å². The maximum absolute atomic E-state index is 10.7. The number of ether oxygens (including phenoxy) is 1. The van der Waals surface area contributed by atoms with E-state index in [1.165, 1.54) is 0 Å². The van der Waals surface area contributed by atoms with Gasteiger partial charge >= 0.3 is 0 Å². The van der Waals surface area contributed by atoms with Crippen molar-refractivity contribution >= 4 is 51.8 Å². The maximum Gasteiger partial charge on any atom is 0.254 e. The second kappa shape index (κ2) is 10.9. The standard InChI is InChI=1S/C7H13I2NO3/c8-10-7(11)6-12-4-2-1-3-5-13-9/h1-6H2,(H,10,11). The quantitative estimate of drug-likeness (QED) is 0.377. The number of halogens is 2. The van der Waals surface area contributed by atoms with Crippen LogP contribution in [0.15, 0.2) is 0 Å². The molecule has 1 amide bonds. The fourth-order valence-electron chi connectivity index (χ4n) is 0.730. The molecule has 78 valence electrons. The molecule has 6 heteroatoms. The predicted octanol–water partition coefficient (Wildman–Crippen LogP) is 2.01. The van der Waals surface area contributed by atoms with Crippen LogP contribution < -0.4 is 3.53 Å². The molecule has 0 aromatic heterocycles. The van der Waals surface area contributed by atoms with E-state index in [1.54, 1.807) is 22.9 Å². The molecular weight excluding hydrogens is 400 g/mol. The smallest absolute Gasteiger partial charge is 0.254 e. The molecule has 4 nitrogen and oxygen atoms in total. The van der Waals surface area contributed by atoms with Gasteiger partial charge in [-0.25, -0.2) is 0 Å². The van der Waals surface area contributed by atoms with Crippen LogP contribution in [0.3, 0.4) is 0 Å². The molecule has 0 unspecified atom stereocenters. The fraction of sp³-hybridized carbons (Fsp3) is 0.857. The number of carbonyl (C=O) groups excluding carboxylic acids is 1. The Morgan fingerprint density at radius 1 is 1.23 bits per heavy atom. The monoisotopic (exact) mass is 413 g/mol.